The van der Waals surface area contributed by atoms with E-state index < -0.39 is 11.8 Å². The first kappa shape index (κ1) is 19.6. The average Bonchev–Trinajstić information content (AvgIpc) is 2.72. The Hall–Kier alpha value is -3.11. The zero-order chi connectivity index (χ0) is 19.9. The number of carbonyl (C=O) groups is 1. The predicted octanol–water partition coefficient (Wildman–Crippen LogP) is 5.77. The molecule has 0 spiro atoms. The van der Waals surface area contributed by atoms with E-state index in [-0.39, 0.29) is 17.2 Å². The summed E-state index contributed by atoms with van der Waals surface area (Å²) in [6, 6.07) is 20.8. The molecular formula is C23H18ClFO3. The molecule has 0 aromatic heterocycles. The van der Waals surface area contributed by atoms with Crippen LogP contribution in [-0.4, -0.2) is 13.1 Å². The van der Waals surface area contributed by atoms with Gasteiger partial charge in [0.15, 0.2) is 0 Å². The van der Waals surface area contributed by atoms with Gasteiger partial charge in [-0.15, -0.1) is 0 Å². The van der Waals surface area contributed by atoms with E-state index in [1.54, 1.807) is 19.3 Å². The molecular weight excluding hydrogens is 379 g/mol. The summed E-state index contributed by atoms with van der Waals surface area (Å²) in [5, 5.41) is 0.214. The molecule has 0 fully saturated rings. The van der Waals surface area contributed by atoms with Gasteiger partial charge >= 0.3 is 5.97 Å². The lowest BCUT2D eigenvalue weighted by Crippen LogP contribution is -2.08. The number of hydrogen-bond acceptors (Lipinski definition) is 3. The summed E-state index contributed by atoms with van der Waals surface area (Å²) in [5.41, 5.74) is 1.96. The Morgan fingerprint density at radius 2 is 1.79 bits per heavy atom. The van der Waals surface area contributed by atoms with Crippen molar-refractivity contribution in [3.8, 4) is 5.75 Å². The Labute approximate surface area is 168 Å². The van der Waals surface area contributed by atoms with Crippen molar-refractivity contribution in [2.24, 2.45) is 0 Å². The van der Waals surface area contributed by atoms with Crippen LogP contribution in [0.3, 0.4) is 0 Å². The van der Waals surface area contributed by atoms with Crippen molar-refractivity contribution >= 4 is 29.2 Å². The number of benzene rings is 3. The van der Waals surface area contributed by atoms with E-state index in [1.165, 1.54) is 12.1 Å². The lowest BCUT2D eigenvalue weighted by atomic mass is 10.0. The summed E-state index contributed by atoms with van der Waals surface area (Å²) in [6.45, 7) is -0.257. The van der Waals surface area contributed by atoms with Crippen LogP contribution >= 0.6 is 11.6 Å². The molecule has 28 heavy (non-hydrogen) atoms. The molecule has 0 unspecified atom stereocenters. The van der Waals surface area contributed by atoms with Gasteiger partial charge in [-0.2, -0.15) is 0 Å². The van der Waals surface area contributed by atoms with E-state index in [0.717, 1.165) is 5.56 Å². The van der Waals surface area contributed by atoms with E-state index in [4.69, 9.17) is 21.1 Å². The predicted molar refractivity (Wildman–Crippen MR) is 109 cm³/mol. The summed E-state index contributed by atoms with van der Waals surface area (Å²) in [5.74, 6) is -0.417. The molecule has 3 nitrogen and oxygen atoms in total. The quantitative estimate of drug-likeness (QED) is 0.301. The van der Waals surface area contributed by atoms with Crippen molar-refractivity contribution in [3.05, 3.63) is 100 Å². The highest BCUT2D eigenvalue weighted by molar-refractivity contribution is 6.31. The van der Waals surface area contributed by atoms with Crippen LogP contribution in [0.5, 0.6) is 5.75 Å². The Morgan fingerprint density at radius 1 is 1.04 bits per heavy atom. The summed E-state index contributed by atoms with van der Waals surface area (Å²) in [7, 11) is 1.58. The van der Waals surface area contributed by atoms with E-state index in [2.05, 4.69) is 0 Å². The van der Waals surface area contributed by atoms with E-state index in [1.807, 2.05) is 54.6 Å². The fourth-order valence-corrected chi connectivity index (χ4v) is 2.88. The Balaban J connectivity index is 1.90. The second kappa shape index (κ2) is 9.20. The number of halogens is 2. The van der Waals surface area contributed by atoms with E-state index >= 15 is 0 Å². The molecule has 3 aromatic carbocycles. The Kier molecular flexibility index (Phi) is 6.45. The van der Waals surface area contributed by atoms with Crippen molar-refractivity contribution in [1.82, 2.24) is 0 Å². The normalized spacial score (nSPS) is 11.2. The second-order valence-corrected chi connectivity index (χ2v) is 6.38. The molecule has 0 N–H and O–H groups in total. The monoisotopic (exact) mass is 396 g/mol. The maximum atomic E-state index is 14.0. The molecule has 0 aliphatic carbocycles. The van der Waals surface area contributed by atoms with Crippen LogP contribution in [0, 0.1) is 5.82 Å². The minimum Gasteiger partial charge on any atom is -0.497 e. The molecule has 3 aromatic rings. The van der Waals surface area contributed by atoms with Crippen LogP contribution in [0.1, 0.15) is 16.7 Å². The van der Waals surface area contributed by atoms with Crippen molar-refractivity contribution < 1.29 is 18.7 Å². The molecule has 0 aliphatic rings. The molecule has 142 valence electrons. The summed E-state index contributed by atoms with van der Waals surface area (Å²) >= 11 is 6.01. The molecule has 0 heterocycles. The molecule has 3 rings (SSSR count). The van der Waals surface area contributed by atoms with Crippen LogP contribution in [0.4, 0.5) is 4.39 Å². The fourth-order valence-electron chi connectivity index (χ4n) is 2.66. The first-order valence-corrected chi connectivity index (χ1v) is 8.97. The van der Waals surface area contributed by atoms with Crippen LogP contribution in [0.15, 0.2) is 72.8 Å². The van der Waals surface area contributed by atoms with Crippen LogP contribution < -0.4 is 4.74 Å². The van der Waals surface area contributed by atoms with Crippen molar-refractivity contribution in [2.75, 3.05) is 7.11 Å². The molecule has 0 saturated carbocycles. The van der Waals surface area contributed by atoms with Crippen LogP contribution in [-0.2, 0) is 16.1 Å². The summed E-state index contributed by atoms with van der Waals surface area (Å²) < 4.78 is 24.6. The van der Waals surface area contributed by atoms with E-state index in [0.29, 0.717) is 16.9 Å². The largest absolute Gasteiger partial charge is 0.497 e. The zero-order valence-electron chi connectivity index (χ0n) is 15.2. The number of hydrogen-bond donors (Lipinski definition) is 0. The standard InChI is InChI=1S/C23H18ClFO3/c1-27-18-10-5-7-16(13-18)14-19(17-8-3-2-4-9-17)23(26)28-15-20-21(24)11-6-12-22(20)25/h2-14H,15H2,1H3/b19-14+. The van der Waals surface area contributed by atoms with Gasteiger partial charge < -0.3 is 9.47 Å². The first-order valence-electron chi connectivity index (χ1n) is 8.59. The van der Waals surface area contributed by atoms with Gasteiger partial charge in [0.05, 0.1) is 17.7 Å². The van der Waals surface area contributed by atoms with Gasteiger partial charge in [0.1, 0.15) is 18.2 Å². The summed E-state index contributed by atoms with van der Waals surface area (Å²) in [4.78, 5) is 12.8. The van der Waals surface area contributed by atoms with Gasteiger partial charge in [-0.1, -0.05) is 60.1 Å². The van der Waals surface area contributed by atoms with Gasteiger partial charge in [0.2, 0.25) is 0 Å². The third kappa shape index (κ3) is 4.78. The molecule has 0 radical (unpaired) electrons. The highest BCUT2D eigenvalue weighted by Gasteiger charge is 2.16. The molecule has 0 aliphatic heterocycles. The zero-order valence-corrected chi connectivity index (χ0v) is 15.9. The number of esters is 1. The fraction of sp³-hybridized carbons (Fsp3) is 0.0870. The number of ether oxygens (including phenoxy) is 2. The highest BCUT2D eigenvalue weighted by Crippen LogP contribution is 2.24. The van der Waals surface area contributed by atoms with Crippen LogP contribution in [0.2, 0.25) is 5.02 Å². The van der Waals surface area contributed by atoms with Crippen LogP contribution in [0.25, 0.3) is 11.6 Å². The highest BCUT2D eigenvalue weighted by atomic mass is 35.5. The maximum Gasteiger partial charge on any atom is 0.339 e. The molecule has 0 saturated heterocycles. The minimum absolute atomic E-state index is 0.145. The van der Waals surface area contributed by atoms with Gasteiger partial charge in [0.25, 0.3) is 0 Å². The Bertz CT molecular complexity index is 979. The number of carbonyl (C=O) groups excluding carboxylic acids is 1. The maximum absolute atomic E-state index is 14.0. The third-order valence-corrected chi connectivity index (χ3v) is 4.47. The smallest absolute Gasteiger partial charge is 0.339 e. The lowest BCUT2D eigenvalue weighted by molar-refractivity contribution is -0.137. The molecule has 5 heteroatoms. The van der Waals surface area contributed by atoms with Crippen molar-refractivity contribution in [1.29, 1.82) is 0 Å². The topological polar surface area (TPSA) is 35.5 Å². The van der Waals surface area contributed by atoms with Gasteiger partial charge in [-0.05, 0) is 41.5 Å². The third-order valence-electron chi connectivity index (χ3n) is 4.12. The molecule has 0 amide bonds. The van der Waals surface area contributed by atoms with Crippen molar-refractivity contribution in [2.45, 2.75) is 6.61 Å². The van der Waals surface area contributed by atoms with Gasteiger partial charge in [-0.25, -0.2) is 9.18 Å². The SMILES string of the molecule is COc1cccc(/C=C(/C(=O)OCc2c(F)cccc2Cl)c2ccccc2)c1. The average molecular weight is 397 g/mol. The van der Waals surface area contributed by atoms with Gasteiger partial charge in [-0.3, -0.25) is 0 Å². The van der Waals surface area contributed by atoms with Gasteiger partial charge in [0, 0.05) is 5.56 Å². The van der Waals surface area contributed by atoms with E-state index in [9.17, 15) is 9.18 Å². The molecule has 0 bridgehead atoms. The first-order chi connectivity index (χ1) is 13.6. The Morgan fingerprint density at radius 3 is 2.50 bits per heavy atom. The second-order valence-electron chi connectivity index (χ2n) is 5.98. The summed E-state index contributed by atoms with van der Waals surface area (Å²) in [6.07, 6.45) is 1.71. The lowest BCUT2D eigenvalue weighted by Gasteiger charge is -2.11. The molecule has 0 atom stereocenters. The minimum atomic E-state index is -0.576. The number of rotatable bonds is 6. The van der Waals surface area contributed by atoms with Crippen molar-refractivity contribution in [3.63, 3.8) is 0 Å². The number of methoxy groups -OCH3 is 1.